The maximum absolute atomic E-state index is 14.2. The number of benzene rings is 2. The molecule has 0 unspecified atom stereocenters. The molecule has 7 heterocycles. The molecule has 9 rings (SSSR count). The summed E-state index contributed by atoms with van der Waals surface area (Å²) < 4.78 is 30.5. The van der Waals surface area contributed by atoms with Gasteiger partial charge in [-0.25, -0.2) is 28.7 Å². The molecule has 0 radical (unpaired) electrons. The Kier molecular flexibility index (Phi) is 22.0. The molecule has 2 aromatic carbocycles. The van der Waals surface area contributed by atoms with Crippen LogP contribution in [0.3, 0.4) is 0 Å². The van der Waals surface area contributed by atoms with Gasteiger partial charge in [0.2, 0.25) is 0 Å². The summed E-state index contributed by atoms with van der Waals surface area (Å²) in [6.07, 6.45) is 10.3. The summed E-state index contributed by atoms with van der Waals surface area (Å²) in [6.45, 7) is 26.7. The first kappa shape index (κ1) is 60.9. The molecule has 82 heavy (non-hydrogen) atoms. The van der Waals surface area contributed by atoms with Crippen LogP contribution in [-0.4, -0.2) is 171 Å². The van der Waals surface area contributed by atoms with E-state index in [9.17, 15) is 18.8 Å². The molecule has 6 aromatic rings. The topological polar surface area (TPSA) is 179 Å². The van der Waals surface area contributed by atoms with E-state index in [-0.39, 0.29) is 42.0 Å². The SMILES string of the molecule is CC(C)OC(=O)c1ccccc1N1CCN(Cc2cnc(CN3CCN(c4ncccc4C(=O)OC(C)C)CC3)cn2)CC1.CCN(Cc1cnc(CN2CCN(c3ncccc3C(=O)OC(C)C)CC2)cn1)Cc1c(F)cccc1Cl. The third-order valence-corrected chi connectivity index (χ3v) is 14.5. The van der Waals surface area contributed by atoms with Crippen LogP contribution in [0.1, 0.15) is 108 Å². The van der Waals surface area contributed by atoms with Gasteiger partial charge in [0, 0.05) is 134 Å². The van der Waals surface area contributed by atoms with Crippen molar-refractivity contribution in [3.8, 4) is 0 Å². The second kappa shape index (κ2) is 29.7. The van der Waals surface area contributed by atoms with Crippen molar-refractivity contribution in [2.24, 2.45) is 0 Å². The lowest BCUT2D eigenvalue weighted by Crippen LogP contribution is -2.47. The van der Waals surface area contributed by atoms with Crippen molar-refractivity contribution in [3.05, 3.63) is 160 Å². The third kappa shape index (κ3) is 17.2. The van der Waals surface area contributed by atoms with Gasteiger partial charge in [-0.05, 0) is 96.6 Å². The highest BCUT2D eigenvalue weighted by Gasteiger charge is 2.27. The van der Waals surface area contributed by atoms with Crippen LogP contribution in [0.15, 0.2) is 104 Å². The largest absolute Gasteiger partial charge is 0.459 e. The van der Waals surface area contributed by atoms with E-state index in [1.54, 1.807) is 55.0 Å². The molecule has 3 aliphatic heterocycles. The summed E-state index contributed by atoms with van der Waals surface area (Å²) in [5.41, 5.74) is 6.64. The van der Waals surface area contributed by atoms with Crippen molar-refractivity contribution in [2.75, 3.05) is 99.8 Å². The fourth-order valence-electron chi connectivity index (χ4n) is 9.95. The Bertz CT molecular complexity index is 2900. The molecule has 0 amide bonds. The first-order valence-corrected chi connectivity index (χ1v) is 28.8. The van der Waals surface area contributed by atoms with Gasteiger partial charge in [0.1, 0.15) is 28.6 Å². The number of pyridine rings is 2. The maximum Gasteiger partial charge on any atom is 0.342 e. The first-order valence-electron chi connectivity index (χ1n) is 28.4. The molecule has 3 aliphatic rings. The quantitative estimate of drug-likeness (QED) is 0.0527. The van der Waals surface area contributed by atoms with E-state index >= 15 is 0 Å². The van der Waals surface area contributed by atoms with E-state index in [0.717, 1.165) is 127 Å². The first-order chi connectivity index (χ1) is 39.6. The van der Waals surface area contributed by atoms with Crippen LogP contribution in [0.25, 0.3) is 0 Å². The molecule has 0 spiro atoms. The van der Waals surface area contributed by atoms with Gasteiger partial charge in [-0.3, -0.25) is 39.5 Å². The van der Waals surface area contributed by atoms with Crippen molar-refractivity contribution in [3.63, 3.8) is 0 Å². The van der Waals surface area contributed by atoms with E-state index in [1.807, 2.05) is 91.3 Å². The van der Waals surface area contributed by atoms with Gasteiger partial charge in [0.25, 0.3) is 0 Å². The number of carbonyl (C=O) groups is 3. The predicted octanol–water partition coefficient (Wildman–Crippen LogP) is 8.22. The van der Waals surface area contributed by atoms with Gasteiger partial charge in [-0.15, -0.1) is 0 Å². The number of hydrogen-bond acceptors (Lipinski definition) is 19. The number of halogens is 2. The number of anilines is 3. The average molecular weight is 1140 g/mol. The fraction of sp³-hybridized carbons (Fsp3) is 0.459. The Morgan fingerprint density at radius 3 is 1.32 bits per heavy atom. The lowest BCUT2D eigenvalue weighted by atomic mass is 10.1. The van der Waals surface area contributed by atoms with Crippen LogP contribution in [0.4, 0.5) is 21.7 Å². The van der Waals surface area contributed by atoms with Crippen LogP contribution >= 0.6 is 11.6 Å². The number of piperazine rings is 3. The molecule has 0 aliphatic carbocycles. The summed E-state index contributed by atoms with van der Waals surface area (Å²) in [6, 6.07) is 19.5. The van der Waals surface area contributed by atoms with Crippen LogP contribution in [0, 0.1) is 5.82 Å². The van der Waals surface area contributed by atoms with E-state index < -0.39 is 0 Å². The van der Waals surface area contributed by atoms with Crippen molar-refractivity contribution in [2.45, 2.75) is 99.5 Å². The zero-order chi connectivity index (χ0) is 58.1. The molecular weight excluding hydrogens is 1070 g/mol. The van der Waals surface area contributed by atoms with E-state index in [0.29, 0.717) is 58.5 Å². The van der Waals surface area contributed by atoms with Crippen LogP contribution in [-0.2, 0) is 46.9 Å². The molecule has 3 fully saturated rings. The lowest BCUT2D eigenvalue weighted by molar-refractivity contribution is 0.0367. The zero-order valence-corrected chi connectivity index (χ0v) is 49.1. The van der Waals surface area contributed by atoms with E-state index in [2.05, 4.69) is 54.2 Å². The summed E-state index contributed by atoms with van der Waals surface area (Å²) >= 11 is 6.20. The van der Waals surface area contributed by atoms with Crippen LogP contribution in [0.2, 0.25) is 5.02 Å². The number of hydrogen-bond donors (Lipinski definition) is 0. The minimum absolute atomic E-state index is 0.154. The lowest BCUT2D eigenvalue weighted by Gasteiger charge is -2.36. The van der Waals surface area contributed by atoms with Crippen molar-refractivity contribution in [1.82, 2.24) is 49.5 Å². The highest BCUT2D eigenvalue weighted by Crippen LogP contribution is 2.26. The van der Waals surface area contributed by atoms with Gasteiger partial charge in [0.15, 0.2) is 0 Å². The van der Waals surface area contributed by atoms with Gasteiger partial charge < -0.3 is 28.9 Å². The number of rotatable bonds is 20. The number of esters is 3. The number of carbonyl (C=O) groups excluding carboxylic acids is 3. The minimum Gasteiger partial charge on any atom is -0.459 e. The van der Waals surface area contributed by atoms with E-state index in [4.69, 9.17) is 35.8 Å². The Hall–Kier alpha value is -7.23. The molecule has 436 valence electrons. The second-order valence-corrected chi connectivity index (χ2v) is 21.8. The third-order valence-electron chi connectivity index (χ3n) is 14.2. The Morgan fingerprint density at radius 2 is 0.902 bits per heavy atom. The van der Waals surface area contributed by atoms with Gasteiger partial charge in [0.05, 0.1) is 77.1 Å². The van der Waals surface area contributed by atoms with Gasteiger partial charge in [-0.2, -0.15) is 0 Å². The summed E-state index contributed by atoms with van der Waals surface area (Å²) in [7, 11) is 0. The molecule has 21 heteroatoms. The van der Waals surface area contributed by atoms with E-state index in [1.165, 1.54) is 6.07 Å². The molecule has 0 atom stereocenters. The average Bonchev–Trinajstić information content (AvgIpc) is 3.56. The second-order valence-electron chi connectivity index (χ2n) is 21.4. The summed E-state index contributed by atoms with van der Waals surface area (Å²) in [4.78, 5) is 81.0. The molecular formula is C61H77ClFN13O6. The Morgan fingerprint density at radius 1 is 0.500 bits per heavy atom. The smallest absolute Gasteiger partial charge is 0.342 e. The van der Waals surface area contributed by atoms with Crippen molar-refractivity contribution < 1.29 is 33.0 Å². The molecule has 4 aromatic heterocycles. The number of nitrogens with zero attached hydrogens (tertiary/aromatic N) is 13. The molecule has 0 bridgehead atoms. The standard InChI is InChI=1S/C33H43N7O4.C28H34ClFN6O2/c1-24(2)43-32(41)28-8-5-6-10-30(28)39-16-12-37(13-17-39)22-26-20-36-27(21-35-26)23-38-14-18-40(19-15-38)31-29(9-7-11-34-31)33(42)44-25(3)4;1-4-34(19-24-25(29)8-5-9-26(24)30)17-21-15-33-22(16-32-21)18-35-11-13-36(14-12-35)27-23(7-6-10-31-27)28(37)38-20(2)3/h5-11,20-21,24-25H,12-19,22-23H2,1-4H3;5-10,15-16,20H,4,11-14,17-19H2,1-3H3. The van der Waals surface area contributed by atoms with Crippen molar-refractivity contribution >= 4 is 46.8 Å². The predicted molar refractivity (Wildman–Crippen MR) is 314 cm³/mol. The van der Waals surface area contributed by atoms with Crippen LogP contribution < -0.4 is 14.7 Å². The summed E-state index contributed by atoms with van der Waals surface area (Å²) in [5, 5.41) is 0.430. The maximum atomic E-state index is 14.2. The number of ether oxygens (including phenoxy) is 3. The van der Waals surface area contributed by atoms with Crippen LogP contribution in [0.5, 0.6) is 0 Å². The highest BCUT2D eigenvalue weighted by molar-refractivity contribution is 6.31. The Balaban J connectivity index is 0.000000217. The fourth-order valence-corrected chi connectivity index (χ4v) is 10.2. The molecule has 3 saturated heterocycles. The molecule has 0 N–H and O–H groups in total. The molecule has 0 saturated carbocycles. The van der Waals surface area contributed by atoms with Crippen molar-refractivity contribution in [1.29, 1.82) is 0 Å². The van der Waals surface area contributed by atoms with Gasteiger partial charge in [-0.1, -0.05) is 36.7 Å². The zero-order valence-electron chi connectivity index (χ0n) is 48.3. The summed E-state index contributed by atoms with van der Waals surface area (Å²) in [5.74, 6) is 0.0876. The molecule has 19 nitrogen and oxygen atoms in total. The Labute approximate surface area is 486 Å². The minimum atomic E-state index is -0.348. The number of aromatic nitrogens is 6. The monoisotopic (exact) mass is 1140 g/mol. The highest BCUT2D eigenvalue weighted by atomic mass is 35.5. The number of para-hydroxylation sites is 1. The van der Waals surface area contributed by atoms with Gasteiger partial charge >= 0.3 is 17.9 Å². The normalized spacial score (nSPS) is 15.5.